The molecule has 44 heavy (non-hydrogen) atoms. The Kier molecular flexibility index (Phi) is 9.81. The van der Waals surface area contributed by atoms with Crippen molar-refractivity contribution in [2.45, 2.75) is 85.3 Å². The van der Waals surface area contributed by atoms with Gasteiger partial charge in [0.1, 0.15) is 0 Å². The number of benzene rings is 2. The number of aryl methyl sites for hydroxylation is 5. The SMILES string of the molecule is Cc1ccccc1CC(C)OCCCc1c(CC(=O)O)n(NC[C@@H]2CCCN2C)c2c(-c3c(C)nn(C)c3C)c(C)ccc12. The minimum Gasteiger partial charge on any atom is -0.481 e. The lowest BCUT2D eigenvalue weighted by Crippen LogP contribution is -2.35. The summed E-state index contributed by atoms with van der Waals surface area (Å²) >= 11 is 0. The van der Waals surface area contributed by atoms with Crippen LogP contribution in [-0.2, 0) is 35.8 Å². The molecule has 0 amide bonds. The number of ether oxygens (including phenoxy) is 1. The predicted octanol–water partition coefficient (Wildman–Crippen LogP) is 6.12. The lowest BCUT2D eigenvalue weighted by molar-refractivity contribution is -0.136. The summed E-state index contributed by atoms with van der Waals surface area (Å²) in [5.74, 6) is -0.829. The minimum atomic E-state index is -0.829. The molecule has 4 aromatic rings. The Bertz CT molecular complexity index is 1630. The first-order chi connectivity index (χ1) is 21.1. The van der Waals surface area contributed by atoms with Crippen molar-refractivity contribution in [1.82, 2.24) is 19.4 Å². The highest BCUT2D eigenvalue weighted by atomic mass is 16.5. The molecule has 0 aliphatic carbocycles. The van der Waals surface area contributed by atoms with Gasteiger partial charge >= 0.3 is 5.97 Å². The number of carboxylic acids is 1. The molecule has 1 fully saturated rings. The summed E-state index contributed by atoms with van der Waals surface area (Å²) in [6.07, 6.45) is 4.79. The van der Waals surface area contributed by atoms with Crippen LogP contribution in [0.5, 0.6) is 0 Å². The van der Waals surface area contributed by atoms with Gasteiger partial charge < -0.3 is 20.2 Å². The van der Waals surface area contributed by atoms with Gasteiger partial charge in [-0.3, -0.25) is 14.2 Å². The molecule has 3 heterocycles. The zero-order valence-corrected chi connectivity index (χ0v) is 27.5. The molecule has 0 bridgehead atoms. The van der Waals surface area contributed by atoms with Crippen molar-refractivity contribution in [2.24, 2.45) is 7.05 Å². The predicted molar refractivity (Wildman–Crippen MR) is 178 cm³/mol. The van der Waals surface area contributed by atoms with Crippen LogP contribution in [0.1, 0.15) is 65.5 Å². The van der Waals surface area contributed by atoms with Gasteiger partial charge in [0, 0.05) is 48.4 Å². The molecule has 236 valence electrons. The number of carbonyl (C=O) groups is 1. The number of nitrogens with one attached hydrogen (secondary N) is 1. The molecule has 2 atom stereocenters. The molecule has 8 nitrogen and oxygen atoms in total. The summed E-state index contributed by atoms with van der Waals surface area (Å²) in [5.41, 5.74) is 14.8. The maximum atomic E-state index is 12.3. The van der Waals surface area contributed by atoms with E-state index in [9.17, 15) is 9.90 Å². The van der Waals surface area contributed by atoms with Crippen LogP contribution in [0.25, 0.3) is 22.0 Å². The molecule has 5 rings (SSSR count). The molecule has 2 aromatic carbocycles. The van der Waals surface area contributed by atoms with Crippen molar-refractivity contribution in [3.8, 4) is 11.1 Å². The van der Waals surface area contributed by atoms with E-state index in [1.165, 1.54) is 17.5 Å². The maximum absolute atomic E-state index is 12.3. The fourth-order valence-corrected chi connectivity index (χ4v) is 7.00. The van der Waals surface area contributed by atoms with Gasteiger partial charge in [0.25, 0.3) is 0 Å². The molecule has 2 aromatic heterocycles. The Morgan fingerprint density at radius 1 is 1.09 bits per heavy atom. The molecule has 8 heteroatoms. The van der Waals surface area contributed by atoms with Gasteiger partial charge in [0.05, 0.1) is 29.4 Å². The van der Waals surface area contributed by atoms with Crippen LogP contribution in [0.2, 0.25) is 0 Å². The number of likely N-dealkylation sites (tertiary alicyclic amines) is 1. The number of hydrogen-bond acceptors (Lipinski definition) is 5. The second-order valence-corrected chi connectivity index (χ2v) is 12.7. The van der Waals surface area contributed by atoms with E-state index in [0.717, 1.165) is 89.0 Å². The monoisotopic (exact) mass is 599 g/mol. The van der Waals surface area contributed by atoms with Crippen LogP contribution in [0.4, 0.5) is 0 Å². The number of aliphatic carboxylic acids is 1. The summed E-state index contributed by atoms with van der Waals surface area (Å²) in [7, 11) is 4.16. The minimum absolute atomic E-state index is 0.0500. The van der Waals surface area contributed by atoms with E-state index < -0.39 is 5.97 Å². The lowest BCUT2D eigenvalue weighted by Gasteiger charge is -2.23. The largest absolute Gasteiger partial charge is 0.481 e. The van der Waals surface area contributed by atoms with Gasteiger partial charge in [0.15, 0.2) is 0 Å². The molecule has 0 spiro atoms. The van der Waals surface area contributed by atoms with E-state index in [1.807, 2.05) is 11.7 Å². The van der Waals surface area contributed by atoms with Gasteiger partial charge in [-0.25, -0.2) is 0 Å². The molecule has 1 aliphatic rings. The smallest absolute Gasteiger partial charge is 0.309 e. The normalized spacial score (nSPS) is 16.2. The van der Waals surface area contributed by atoms with Gasteiger partial charge in [-0.15, -0.1) is 0 Å². The van der Waals surface area contributed by atoms with Crippen LogP contribution in [0.15, 0.2) is 36.4 Å². The number of hydrogen-bond donors (Lipinski definition) is 2. The Hall–Kier alpha value is -3.62. The standard InChI is InChI=1S/C36H49N5O3/c1-23-12-8-9-13-28(23)20-25(3)44-19-11-15-30-31-17-16-24(2)34(35-26(4)38-40(7)27(35)5)36(31)41(32(30)21-33(42)43)37-22-29-14-10-18-39(29)6/h8-9,12-13,16-17,25,29,37H,10-11,14-15,18-22H2,1-7H3,(H,42,43)/t25?,29-/m0/s1. The van der Waals surface area contributed by atoms with Crippen molar-refractivity contribution in [3.63, 3.8) is 0 Å². The van der Waals surface area contributed by atoms with E-state index in [0.29, 0.717) is 12.6 Å². The first-order valence-electron chi connectivity index (χ1n) is 16.0. The number of likely N-dealkylation sites (N-methyl/N-ethyl adjacent to an activating group) is 1. The zero-order chi connectivity index (χ0) is 31.5. The molecular formula is C36H49N5O3. The Labute approximate surface area is 262 Å². The van der Waals surface area contributed by atoms with Crippen LogP contribution in [0.3, 0.4) is 0 Å². The molecule has 1 aliphatic heterocycles. The van der Waals surface area contributed by atoms with E-state index >= 15 is 0 Å². The van der Waals surface area contributed by atoms with Crippen LogP contribution >= 0.6 is 0 Å². The van der Waals surface area contributed by atoms with E-state index in [4.69, 9.17) is 9.84 Å². The third-order valence-corrected chi connectivity index (χ3v) is 9.53. The van der Waals surface area contributed by atoms with E-state index in [1.54, 1.807) is 0 Å². The average Bonchev–Trinajstić information content (AvgIpc) is 3.59. The number of rotatable bonds is 13. The first-order valence-corrected chi connectivity index (χ1v) is 16.0. The fraction of sp³-hybridized carbons (Fsp3) is 0.500. The number of carboxylic acid groups (broad SMARTS) is 1. The molecule has 1 saturated heterocycles. The lowest BCUT2D eigenvalue weighted by atomic mass is 9.94. The maximum Gasteiger partial charge on any atom is 0.309 e. The zero-order valence-electron chi connectivity index (χ0n) is 27.5. The van der Waals surface area contributed by atoms with Crippen LogP contribution in [0, 0.1) is 27.7 Å². The van der Waals surface area contributed by atoms with Crippen LogP contribution < -0.4 is 5.43 Å². The molecule has 2 N–H and O–H groups in total. The van der Waals surface area contributed by atoms with Gasteiger partial charge in [-0.1, -0.05) is 36.4 Å². The summed E-state index contributed by atoms with van der Waals surface area (Å²) in [6.45, 7) is 13.0. The van der Waals surface area contributed by atoms with Gasteiger partial charge in [0.2, 0.25) is 0 Å². The third-order valence-electron chi connectivity index (χ3n) is 9.53. The highest BCUT2D eigenvalue weighted by Crippen LogP contribution is 2.39. The average molecular weight is 600 g/mol. The second-order valence-electron chi connectivity index (χ2n) is 12.7. The molecule has 1 unspecified atom stereocenters. The summed E-state index contributed by atoms with van der Waals surface area (Å²) in [6, 6.07) is 13.2. The van der Waals surface area contributed by atoms with Crippen molar-refractivity contribution in [1.29, 1.82) is 0 Å². The summed E-state index contributed by atoms with van der Waals surface area (Å²) in [4.78, 5) is 14.7. The Morgan fingerprint density at radius 3 is 2.52 bits per heavy atom. The number of fused-ring (bicyclic) bond motifs is 1. The molecular weight excluding hydrogens is 550 g/mol. The highest BCUT2D eigenvalue weighted by Gasteiger charge is 2.27. The third kappa shape index (κ3) is 6.57. The van der Waals surface area contributed by atoms with Crippen LogP contribution in [-0.4, -0.2) is 69.3 Å². The van der Waals surface area contributed by atoms with Crippen molar-refractivity contribution in [3.05, 3.63) is 75.7 Å². The summed E-state index contributed by atoms with van der Waals surface area (Å²) < 4.78 is 10.3. The topological polar surface area (TPSA) is 84.6 Å². The van der Waals surface area contributed by atoms with Crippen molar-refractivity contribution >= 4 is 16.9 Å². The van der Waals surface area contributed by atoms with Gasteiger partial charge in [-0.2, -0.15) is 5.10 Å². The van der Waals surface area contributed by atoms with E-state index in [-0.39, 0.29) is 12.5 Å². The van der Waals surface area contributed by atoms with Gasteiger partial charge in [-0.05, 0) is 103 Å². The number of aromatic nitrogens is 3. The molecule has 0 radical (unpaired) electrons. The Morgan fingerprint density at radius 2 is 1.86 bits per heavy atom. The molecule has 0 saturated carbocycles. The summed E-state index contributed by atoms with van der Waals surface area (Å²) in [5, 5.41) is 16.0. The van der Waals surface area contributed by atoms with Crippen molar-refractivity contribution < 1.29 is 14.6 Å². The van der Waals surface area contributed by atoms with E-state index in [2.05, 4.69) is 93.1 Å². The Balaban J connectivity index is 1.51. The van der Waals surface area contributed by atoms with Crippen molar-refractivity contribution in [2.75, 3.05) is 32.2 Å². The fourth-order valence-electron chi connectivity index (χ4n) is 7.00. The first kappa shape index (κ1) is 31.8. The quantitative estimate of drug-likeness (QED) is 0.180. The highest BCUT2D eigenvalue weighted by molar-refractivity contribution is 6.01. The number of nitrogens with zero attached hydrogens (tertiary/aromatic N) is 4. The second kappa shape index (κ2) is 13.6.